The van der Waals surface area contributed by atoms with Gasteiger partial charge in [0.05, 0.1) is 12.4 Å². The first-order valence-corrected chi connectivity index (χ1v) is 13.9. The van der Waals surface area contributed by atoms with E-state index in [0.717, 1.165) is 25.1 Å². The van der Waals surface area contributed by atoms with Crippen LogP contribution in [-0.2, 0) is 10.0 Å². The van der Waals surface area contributed by atoms with Gasteiger partial charge < -0.3 is 14.2 Å². The summed E-state index contributed by atoms with van der Waals surface area (Å²) in [6.07, 6.45) is 0.833. The summed E-state index contributed by atoms with van der Waals surface area (Å²) in [5.41, 5.74) is 2.44. The summed E-state index contributed by atoms with van der Waals surface area (Å²) in [6, 6.07) is 6.68. The summed E-state index contributed by atoms with van der Waals surface area (Å²) in [5, 5.41) is 6.68. The smallest absolute Gasteiger partial charge is 0.391 e. The number of nitrogens with zero attached hydrogens (tertiary/aromatic N) is 4. The first-order chi connectivity index (χ1) is 17.5. The Morgan fingerprint density at radius 2 is 2.00 bits per heavy atom. The molecule has 5 rings (SSSR count). The van der Waals surface area contributed by atoms with Crippen LogP contribution in [0.1, 0.15) is 47.9 Å². The minimum Gasteiger partial charge on any atom is -0.391 e. The topological polar surface area (TPSA) is 103 Å². The fourth-order valence-electron chi connectivity index (χ4n) is 5.55. The maximum Gasteiger partial charge on any atom is 0.434 e. The third-order valence-corrected chi connectivity index (χ3v) is 9.69. The second-order valence-electron chi connectivity index (χ2n) is 9.91. The lowest BCUT2D eigenvalue weighted by atomic mass is 9.87. The number of hydrogen-bond acceptors (Lipinski definition) is 7. The average molecular weight is 550 g/mol. The Morgan fingerprint density at radius 3 is 2.65 bits per heavy atom. The molecule has 1 fully saturated rings. The summed E-state index contributed by atoms with van der Waals surface area (Å²) in [6.45, 7) is 6.96. The zero-order valence-electron chi connectivity index (χ0n) is 21.0. The largest absolute Gasteiger partial charge is 0.434 e. The van der Waals surface area contributed by atoms with Gasteiger partial charge in [-0.05, 0) is 74.8 Å². The van der Waals surface area contributed by atoms with E-state index in [9.17, 15) is 13.2 Å². The highest BCUT2D eigenvalue weighted by Crippen LogP contribution is 2.45. The van der Waals surface area contributed by atoms with E-state index in [2.05, 4.69) is 15.1 Å². The van der Waals surface area contributed by atoms with Crippen molar-refractivity contribution in [1.82, 2.24) is 19.4 Å². The monoisotopic (exact) mass is 549 g/mol. The van der Waals surface area contributed by atoms with E-state index in [1.54, 1.807) is 26.0 Å². The molecule has 37 heavy (non-hydrogen) atoms. The molecule has 0 saturated carbocycles. The Morgan fingerprint density at radius 1 is 1.24 bits per heavy atom. The van der Waals surface area contributed by atoms with Gasteiger partial charge in [0.1, 0.15) is 16.8 Å². The van der Waals surface area contributed by atoms with E-state index >= 15 is 4.39 Å². The Kier molecular flexibility index (Phi) is 6.68. The van der Waals surface area contributed by atoms with Gasteiger partial charge in [0.2, 0.25) is 15.9 Å². The molecule has 0 aliphatic carbocycles. The van der Waals surface area contributed by atoms with Gasteiger partial charge in [-0.3, -0.25) is 0 Å². The van der Waals surface area contributed by atoms with Crippen molar-refractivity contribution >= 4 is 27.3 Å². The minimum absolute atomic E-state index is 0.0276. The Labute approximate surface area is 219 Å². The Bertz CT molecular complexity index is 1510. The molecule has 2 aliphatic rings. The maximum absolute atomic E-state index is 15.3. The van der Waals surface area contributed by atoms with Crippen molar-refractivity contribution in [2.24, 2.45) is 0 Å². The molecule has 0 radical (unpaired) electrons. The molecule has 198 valence electrons. The van der Waals surface area contributed by atoms with Crippen LogP contribution >= 0.6 is 11.6 Å². The highest BCUT2D eigenvalue weighted by molar-refractivity contribution is 7.89. The number of likely N-dealkylation sites (N-methyl/N-ethyl adjacent to an activating group) is 1. The second kappa shape index (κ2) is 9.54. The number of hydrogen-bond donors (Lipinski definition) is 1. The number of H-pyrrole nitrogens is 1. The van der Waals surface area contributed by atoms with Gasteiger partial charge in [-0.1, -0.05) is 24.6 Å². The predicted octanol–water partition coefficient (Wildman–Crippen LogP) is 3.79. The Balaban J connectivity index is 1.70. The normalized spacial score (nSPS) is 21.7. The molecule has 3 heterocycles. The van der Waals surface area contributed by atoms with Gasteiger partial charge in [-0.2, -0.15) is 4.31 Å². The van der Waals surface area contributed by atoms with Gasteiger partial charge in [-0.15, -0.1) is 5.10 Å². The fourth-order valence-corrected chi connectivity index (χ4v) is 7.50. The van der Waals surface area contributed by atoms with E-state index in [1.807, 2.05) is 18.9 Å². The second-order valence-corrected chi connectivity index (χ2v) is 12.2. The lowest BCUT2D eigenvalue weighted by molar-refractivity contribution is 0.229. The van der Waals surface area contributed by atoms with Crippen LogP contribution in [0.15, 0.2) is 44.4 Å². The van der Waals surface area contributed by atoms with E-state index in [-0.39, 0.29) is 23.5 Å². The zero-order valence-corrected chi connectivity index (χ0v) is 22.6. The van der Waals surface area contributed by atoms with Crippen LogP contribution in [0.3, 0.4) is 0 Å². The van der Waals surface area contributed by atoms with Crippen LogP contribution < -0.4 is 10.7 Å². The lowest BCUT2D eigenvalue weighted by Crippen LogP contribution is -2.53. The molecule has 0 unspecified atom stereocenters. The number of aryl methyl sites for hydroxylation is 1. The van der Waals surface area contributed by atoms with Crippen LogP contribution in [0.2, 0.25) is 5.02 Å². The molecule has 12 heteroatoms. The summed E-state index contributed by atoms with van der Waals surface area (Å²) < 4.78 is 50.1. The number of benzene rings is 2. The minimum atomic E-state index is -4.12. The van der Waals surface area contributed by atoms with Gasteiger partial charge in [-0.25, -0.2) is 22.7 Å². The molecule has 9 nitrogen and oxygen atoms in total. The summed E-state index contributed by atoms with van der Waals surface area (Å²) >= 11 is 6.30. The van der Waals surface area contributed by atoms with Crippen molar-refractivity contribution < 1.29 is 17.2 Å². The SMILES string of the molecule is Cc1ccc(F)c([C@@H](C)[C@@H](c2n[nH]c(=O)o2)N2CN([C@H]3CCN(C)C3)c3cc(Cl)ccc3S2(=O)=O)c1C. The van der Waals surface area contributed by atoms with Crippen LogP contribution in [-0.4, -0.2) is 60.7 Å². The Hall–Kier alpha value is -2.73. The highest BCUT2D eigenvalue weighted by atomic mass is 35.5. The number of nitrogens with one attached hydrogen (secondary N) is 1. The van der Waals surface area contributed by atoms with Crippen molar-refractivity contribution in [2.45, 2.75) is 50.1 Å². The summed E-state index contributed by atoms with van der Waals surface area (Å²) in [5.74, 6) is -2.13. The first kappa shape index (κ1) is 25.9. The van der Waals surface area contributed by atoms with Gasteiger partial charge in [0.15, 0.2) is 0 Å². The average Bonchev–Trinajstić information content (AvgIpc) is 3.46. The number of sulfonamides is 1. The number of aromatic nitrogens is 2. The van der Waals surface area contributed by atoms with Crippen LogP contribution in [0.4, 0.5) is 10.1 Å². The van der Waals surface area contributed by atoms with Crippen molar-refractivity contribution in [3.63, 3.8) is 0 Å². The molecule has 1 saturated heterocycles. The number of fused-ring (bicyclic) bond motifs is 1. The van der Waals surface area contributed by atoms with Crippen LogP contribution in [0, 0.1) is 19.7 Å². The lowest BCUT2D eigenvalue weighted by Gasteiger charge is -2.44. The van der Waals surface area contributed by atoms with E-state index in [1.165, 1.54) is 22.5 Å². The summed E-state index contributed by atoms with van der Waals surface area (Å²) in [7, 11) is -2.10. The molecule has 0 bridgehead atoms. The molecular formula is C25H29ClFN5O4S. The first-order valence-electron chi connectivity index (χ1n) is 12.1. The molecule has 2 aliphatic heterocycles. The third-order valence-electron chi connectivity index (χ3n) is 7.60. The van der Waals surface area contributed by atoms with Crippen molar-refractivity contribution in [2.75, 3.05) is 31.7 Å². The van der Waals surface area contributed by atoms with Crippen LogP contribution in [0.25, 0.3) is 0 Å². The maximum atomic E-state index is 15.3. The molecule has 3 aromatic rings. The molecular weight excluding hydrogens is 521 g/mol. The molecule has 0 spiro atoms. The molecule has 3 atom stereocenters. The van der Waals surface area contributed by atoms with Gasteiger partial charge in [0.25, 0.3) is 0 Å². The molecule has 0 amide bonds. The molecule has 1 aromatic heterocycles. The van der Waals surface area contributed by atoms with Crippen molar-refractivity contribution in [3.8, 4) is 0 Å². The third kappa shape index (κ3) is 4.47. The standard InChI is InChI=1S/C25H29ClFN5O4S/c1-14-5-7-19(27)22(15(14)2)16(3)23(24-28-29-25(33)36-24)32-13-31(18-9-10-30(4)12-18)20-11-17(26)6-8-21(20)37(32,34)35/h5-8,11,16,18,23H,9-10,12-13H2,1-4H3,(H,29,33)/t16-,18+,23+/m1/s1. The number of aromatic amines is 1. The van der Waals surface area contributed by atoms with E-state index in [0.29, 0.717) is 21.8 Å². The van der Waals surface area contributed by atoms with Crippen LogP contribution in [0.5, 0.6) is 0 Å². The quantitative estimate of drug-likeness (QED) is 0.516. The number of halogens is 2. The zero-order chi connectivity index (χ0) is 26.6. The number of likely N-dealkylation sites (tertiary alicyclic amines) is 1. The summed E-state index contributed by atoms with van der Waals surface area (Å²) in [4.78, 5) is 16.3. The predicted molar refractivity (Wildman–Crippen MR) is 138 cm³/mol. The van der Waals surface area contributed by atoms with E-state index in [4.69, 9.17) is 16.0 Å². The molecule has 2 aromatic carbocycles. The fraction of sp³-hybridized carbons (Fsp3) is 0.440. The van der Waals surface area contributed by atoms with Crippen molar-refractivity contribution in [3.05, 3.63) is 74.3 Å². The van der Waals surface area contributed by atoms with Gasteiger partial charge >= 0.3 is 5.76 Å². The van der Waals surface area contributed by atoms with Gasteiger partial charge in [0, 0.05) is 23.5 Å². The molecule has 1 N–H and O–H groups in total. The highest BCUT2D eigenvalue weighted by Gasteiger charge is 2.47. The van der Waals surface area contributed by atoms with Crippen molar-refractivity contribution in [1.29, 1.82) is 0 Å². The van der Waals surface area contributed by atoms with E-state index < -0.39 is 33.6 Å². The number of anilines is 1. The number of rotatable bonds is 5.